The minimum Gasteiger partial charge on any atom is -0.196 e. The zero-order chi connectivity index (χ0) is 10.1. The van der Waals surface area contributed by atoms with Gasteiger partial charge in [-0.05, 0) is 38.5 Å². The Labute approximate surface area is 83.2 Å². The van der Waals surface area contributed by atoms with E-state index in [0.717, 1.165) is 38.5 Å². The molecule has 2 aliphatic carbocycles. The second-order valence-corrected chi connectivity index (χ2v) is 4.19. The average Bonchev–Trinajstić information content (AvgIpc) is 2.07. The summed E-state index contributed by atoms with van der Waals surface area (Å²) in [6, 6.07) is 4.38. The summed E-state index contributed by atoms with van der Waals surface area (Å²) >= 11 is 0. The van der Waals surface area contributed by atoms with Crippen LogP contribution in [0.4, 0.5) is 0 Å². The predicted molar refractivity (Wildman–Crippen MR) is 49.2 cm³/mol. The second-order valence-electron chi connectivity index (χ2n) is 4.19. The first-order valence-electron chi connectivity index (χ1n) is 5.01. The first-order valence-corrected chi connectivity index (χ1v) is 5.01. The number of hydrogen-bond acceptors (Lipinski definition) is 4. The van der Waals surface area contributed by atoms with E-state index in [1.807, 2.05) is 0 Å². The molecule has 2 fully saturated rings. The molecule has 0 aromatic heterocycles. The Morgan fingerprint density at radius 1 is 0.786 bits per heavy atom. The summed E-state index contributed by atoms with van der Waals surface area (Å²) in [5, 5.41) is 26.0. The van der Waals surface area contributed by atoms with Crippen LogP contribution in [0.5, 0.6) is 0 Å². The van der Waals surface area contributed by atoms with Crippen LogP contribution in [0.2, 0.25) is 0 Å². The number of nitriles is 2. The highest BCUT2D eigenvalue weighted by Crippen LogP contribution is 2.40. The molecule has 2 rings (SSSR count). The summed E-state index contributed by atoms with van der Waals surface area (Å²) in [4.78, 5) is 0. The van der Waals surface area contributed by atoms with E-state index < -0.39 is 11.1 Å². The van der Waals surface area contributed by atoms with Crippen LogP contribution in [0.1, 0.15) is 38.5 Å². The van der Waals surface area contributed by atoms with Crippen LogP contribution < -0.4 is 0 Å². The van der Waals surface area contributed by atoms with E-state index in [0.29, 0.717) is 0 Å². The fraction of sp³-hybridized carbons (Fsp3) is 0.800. The van der Waals surface area contributed by atoms with E-state index >= 15 is 0 Å². The molecule has 0 radical (unpaired) electrons. The third kappa shape index (κ3) is 1.28. The van der Waals surface area contributed by atoms with Gasteiger partial charge in [-0.1, -0.05) is 0 Å². The summed E-state index contributed by atoms with van der Waals surface area (Å²) < 4.78 is 0. The van der Waals surface area contributed by atoms with Crippen molar-refractivity contribution in [1.29, 1.82) is 10.5 Å². The summed E-state index contributed by atoms with van der Waals surface area (Å²) in [7, 11) is 0. The monoisotopic (exact) mass is 188 g/mol. The quantitative estimate of drug-likeness (QED) is 0.624. The van der Waals surface area contributed by atoms with Gasteiger partial charge in [-0.25, -0.2) is 0 Å². The summed E-state index contributed by atoms with van der Waals surface area (Å²) in [6.07, 6.45) is 5.30. The zero-order valence-electron chi connectivity index (χ0n) is 8.03. The molecule has 0 unspecified atom stereocenters. The molecule has 4 nitrogen and oxygen atoms in total. The molecular formula is C10H12N4. The fourth-order valence-corrected chi connectivity index (χ4v) is 1.68. The molecule has 0 aromatic carbocycles. The Morgan fingerprint density at radius 3 is 1.29 bits per heavy atom. The van der Waals surface area contributed by atoms with Crippen molar-refractivity contribution in [1.82, 2.24) is 0 Å². The molecule has 0 bridgehead atoms. The van der Waals surface area contributed by atoms with Gasteiger partial charge < -0.3 is 0 Å². The maximum atomic E-state index is 8.91. The lowest BCUT2D eigenvalue weighted by molar-refractivity contribution is 0.265. The Kier molecular flexibility index (Phi) is 2.00. The van der Waals surface area contributed by atoms with Gasteiger partial charge in [-0.2, -0.15) is 20.8 Å². The molecule has 14 heavy (non-hydrogen) atoms. The maximum Gasteiger partial charge on any atom is 0.167 e. The van der Waals surface area contributed by atoms with Crippen molar-refractivity contribution in [2.24, 2.45) is 10.2 Å². The molecule has 0 aromatic rings. The lowest BCUT2D eigenvalue weighted by Crippen LogP contribution is -2.36. The molecule has 0 spiro atoms. The molecule has 0 saturated heterocycles. The van der Waals surface area contributed by atoms with Gasteiger partial charge in [0.1, 0.15) is 0 Å². The molecule has 0 aliphatic heterocycles. The van der Waals surface area contributed by atoms with Crippen molar-refractivity contribution >= 4 is 0 Å². The van der Waals surface area contributed by atoms with Crippen LogP contribution >= 0.6 is 0 Å². The van der Waals surface area contributed by atoms with E-state index in [1.54, 1.807) is 0 Å². The van der Waals surface area contributed by atoms with Gasteiger partial charge in [-0.15, -0.1) is 0 Å². The second kappa shape index (κ2) is 3.06. The van der Waals surface area contributed by atoms with E-state index in [9.17, 15) is 0 Å². The molecule has 72 valence electrons. The van der Waals surface area contributed by atoms with E-state index in [4.69, 9.17) is 10.5 Å². The summed E-state index contributed by atoms with van der Waals surface area (Å²) in [6.45, 7) is 0. The molecule has 2 saturated carbocycles. The fourth-order valence-electron chi connectivity index (χ4n) is 1.68. The van der Waals surface area contributed by atoms with Gasteiger partial charge in [0.05, 0.1) is 12.1 Å². The highest BCUT2D eigenvalue weighted by molar-refractivity contribution is 5.16. The van der Waals surface area contributed by atoms with Crippen molar-refractivity contribution in [2.75, 3.05) is 0 Å². The minimum atomic E-state index is -0.584. The first kappa shape index (κ1) is 9.15. The summed E-state index contributed by atoms with van der Waals surface area (Å²) in [5.74, 6) is 0. The average molecular weight is 188 g/mol. The number of azo groups is 1. The van der Waals surface area contributed by atoms with Crippen LogP contribution in [-0.2, 0) is 0 Å². The zero-order valence-corrected chi connectivity index (χ0v) is 8.03. The topological polar surface area (TPSA) is 72.3 Å². The van der Waals surface area contributed by atoms with Crippen molar-refractivity contribution in [3.63, 3.8) is 0 Å². The highest BCUT2D eigenvalue weighted by Gasteiger charge is 2.42. The molecule has 0 atom stereocenters. The molecule has 0 N–H and O–H groups in total. The van der Waals surface area contributed by atoms with Gasteiger partial charge in [0, 0.05) is 0 Å². The molecule has 0 heterocycles. The normalized spacial score (nSPS) is 27.0. The number of nitrogens with zero attached hydrogens (tertiary/aromatic N) is 4. The van der Waals surface area contributed by atoms with Crippen LogP contribution in [0.15, 0.2) is 10.2 Å². The van der Waals surface area contributed by atoms with E-state index in [1.165, 1.54) is 0 Å². The lowest BCUT2D eigenvalue weighted by atomic mass is 9.78. The van der Waals surface area contributed by atoms with E-state index in [2.05, 4.69) is 22.4 Å². The predicted octanol–water partition coefficient (Wildman–Crippen LogP) is 2.33. The third-order valence-corrected chi connectivity index (χ3v) is 3.21. The largest absolute Gasteiger partial charge is 0.196 e. The smallest absolute Gasteiger partial charge is 0.167 e. The molecule has 0 amide bonds. The maximum absolute atomic E-state index is 8.91. The Bertz CT molecular complexity index is 302. The van der Waals surface area contributed by atoms with Crippen molar-refractivity contribution in [2.45, 2.75) is 49.6 Å². The van der Waals surface area contributed by atoms with Crippen molar-refractivity contribution < 1.29 is 0 Å². The highest BCUT2D eigenvalue weighted by atomic mass is 15.2. The lowest BCUT2D eigenvalue weighted by Gasteiger charge is -2.33. The Hall–Kier alpha value is -1.42. The SMILES string of the molecule is N#CC1(N=NC2(C#N)CCC2)CCC1. The molecule has 4 heteroatoms. The van der Waals surface area contributed by atoms with Crippen molar-refractivity contribution in [3.8, 4) is 12.1 Å². The Morgan fingerprint density at radius 2 is 1.14 bits per heavy atom. The van der Waals surface area contributed by atoms with Gasteiger partial charge in [0.25, 0.3) is 0 Å². The number of hydrogen-bond donors (Lipinski definition) is 0. The van der Waals surface area contributed by atoms with E-state index in [-0.39, 0.29) is 0 Å². The van der Waals surface area contributed by atoms with Crippen LogP contribution in [-0.4, -0.2) is 11.1 Å². The Balaban J connectivity index is 2.07. The van der Waals surface area contributed by atoms with Gasteiger partial charge in [0.15, 0.2) is 11.1 Å². The molecule has 2 aliphatic rings. The van der Waals surface area contributed by atoms with Crippen molar-refractivity contribution in [3.05, 3.63) is 0 Å². The van der Waals surface area contributed by atoms with Gasteiger partial charge in [0.2, 0.25) is 0 Å². The standard InChI is InChI=1S/C10H12N4/c11-7-9(3-1-4-9)13-14-10(8-12)5-2-6-10/h1-6H2. The number of rotatable bonds is 2. The van der Waals surface area contributed by atoms with Crippen LogP contribution in [0, 0.1) is 22.7 Å². The minimum absolute atomic E-state index is 0.584. The molecular weight excluding hydrogens is 176 g/mol. The van der Waals surface area contributed by atoms with Gasteiger partial charge in [-0.3, -0.25) is 0 Å². The first-order chi connectivity index (χ1) is 6.74. The summed E-state index contributed by atoms with van der Waals surface area (Å²) in [5.41, 5.74) is -1.17. The van der Waals surface area contributed by atoms with Crippen LogP contribution in [0.25, 0.3) is 0 Å². The third-order valence-electron chi connectivity index (χ3n) is 3.21. The van der Waals surface area contributed by atoms with Crippen LogP contribution in [0.3, 0.4) is 0 Å². The van der Waals surface area contributed by atoms with Gasteiger partial charge >= 0.3 is 0 Å².